The number of ether oxygens (including phenoxy) is 1. The van der Waals surface area contributed by atoms with Crippen LogP contribution in [0.4, 0.5) is 0 Å². The molecule has 25 heavy (non-hydrogen) atoms. The van der Waals surface area contributed by atoms with Crippen LogP contribution in [-0.2, 0) is 30.5 Å². The van der Waals surface area contributed by atoms with Gasteiger partial charge in [-0.3, -0.25) is 19.7 Å². The van der Waals surface area contributed by atoms with Crippen LogP contribution in [-0.4, -0.2) is 53.2 Å². The van der Waals surface area contributed by atoms with Gasteiger partial charge in [0.05, 0.1) is 0 Å². The van der Waals surface area contributed by atoms with E-state index in [0.29, 0.717) is 5.56 Å². The number of hydrogen-bond acceptors (Lipinski definition) is 6. The molecule has 0 saturated carbocycles. The van der Waals surface area contributed by atoms with Gasteiger partial charge < -0.3 is 20.3 Å². The molecule has 1 aromatic rings. The molecule has 136 valence electrons. The number of rotatable bonds is 10. The van der Waals surface area contributed by atoms with Crippen molar-refractivity contribution in [3.8, 4) is 0 Å². The summed E-state index contributed by atoms with van der Waals surface area (Å²) in [5, 5.41) is 22.1. The molecule has 0 heterocycles. The molecule has 0 aliphatic heterocycles. The van der Waals surface area contributed by atoms with Crippen LogP contribution in [0.2, 0.25) is 0 Å². The van der Waals surface area contributed by atoms with Gasteiger partial charge in [-0.15, -0.1) is 0 Å². The Kier molecular flexibility index (Phi) is 7.54. The number of aliphatic carboxylic acids is 2. The second-order valence-corrected chi connectivity index (χ2v) is 5.19. The smallest absolute Gasteiger partial charge is 0.336 e. The van der Waals surface area contributed by atoms with Crippen molar-refractivity contribution in [2.45, 2.75) is 25.0 Å². The van der Waals surface area contributed by atoms with E-state index in [2.05, 4.69) is 10.6 Å². The molecule has 0 spiro atoms. The third-order valence-electron chi connectivity index (χ3n) is 3.49. The zero-order chi connectivity index (χ0) is 18.9. The Bertz CT molecular complexity index is 633. The number of hydrogen-bond donors (Lipinski definition) is 4. The van der Waals surface area contributed by atoms with Crippen LogP contribution in [0.15, 0.2) is 30.3 Å². The first kappa shape index (κ1) is 20.1. The van der Waals surface area contributed by atoms with E-state index in [1.54, 1.807) is 30.3 Å². The number of likely N-dealkylation sites (N-methyl/N-ethyl adjacent to an activating group) is 1. The molecular formula is C16H20N2O7. The number of carboxylic acid groups (broad SMARTS) is 2. The molecule has 0 aliphatic rings. The van der Waals surface area contributed by atoms with Crippen LogP contribution in [0.5, 0.6) is 0 Å². The number of amides is 1. The predicted molar refractivity (Wildman–Crippen MR) is 85.5 cm³/mol. The first-order valence-electron chi connectivity index (χ1n) is 7.43. The summed E-state index contributed by atoms with van der Waals surface area (Å²) < 4.78 is 5.14. The Morgan fingerprint density at radius 3 is 2.24 bits per heavy atom. The molecule has 1 rings (SSSR count). The summed E-state index contributed by atoms with van der Waals surface area (Å²) in [5.74, 6) is -4.45. The molecule has 0 aliphatic carbocycles. The molecule has 4 N–H and O–H groups in total. The van der Waals surface area contributed by atoms with Gasteiger partial charge in [0.1, 0.15) is 13.2 Å². The molecule has 0 radical (unpaired) electrons. The lowest BCUT2D eigenvalue weighted by Gasteiger charge is -2.29. The van der Waals surface area contributed by atoms with Crippen molar-refractivity contribution in [3.05, 3.63) is 35.9 Å². The highest BCUT2D eigenvalue weighted by molar-refractivity contribution is 6.08. The predicted octanol–water partition coefficient (Wildman–Crippen LogP) is -0.246. The van der Waals surface area contributed by atoms with Gasteiger partial charge in [0.25, 0.3) is 5.91 Å². The number of esters is 1. The van der Waals surface area contributed by atoms with Crippen LogP contribution in [0.1, 0.15) is 18.4 Å². The fourth-order valence-corrected chi connectivity index (χ4v) is 2.10. The number of carbonyl (C=O) groups excluding carboxylic acids is 2. The van der Waals surface area contributed by atoms with Gasteiger partial charge in [-0.05, 0) is 19.0 Å². The number of carboxylic acids is 2. The monoisotopic (exact) mass is 352 g/mol. The minimum Gasteiger partial charge on any atom is -0.481 e. The van der Waals surface area contributed by atoms with Crippen LogP contribution < -0.4 is 10.6 Å². The van der Waals surface area contributed by atoms with Gasteiger partial charge >= 0.3 is 17.9 Å². The Labute approximate surface area is 144 Å². The third kappa shape index (κ3) is 5.88. The minimum absolute atomic E-state index is 0.109. The Hall–Kier alpha value is -2.94. The summed E-state index contributed by atoms with van der Waals surface area (Å²) in [7, 11) is 1.30. The molecule has 0 aromatic heterocycles. The van der Waals surface area contributed by atoms with Gasteiger partial charge in [0.15, 0.2) is 5.54 Å². The molecule has 0 fully saturated rings. The van der Waals surface area contributed by atoms with E-state index in [1.165, 1.54) is 7.05 Å². The Balaban J connectivity index is 2.93. The van der Waals surface area contributed by atoms with Gasteiger partial charge in [-0.2, -0.15) is 0 Å². The van der Waals surface area contributed by atoms with Crippen molar-refractivity contribution in [2.75, 3.05) is 13.6 Å². The molecule has 9 nitrogen and oxygen atoms in total. The first-order chi connectivity index (χ1) is 11.8. The van der Waals surface area contributed by atoms with E-state index in [0.717, 1.165) is 0 Å². The maximum Gasteiger partial charge on any atom is 0.336 e. The van der Waals surface area contributed by atoms with Crippen molar-refractivity contribution in [3.63, 3.8) is 0 Å². The van der Waals surface area contributed by atoms with Gasteiger partial charge in [-0.1, -0.05) is 30.3 Å². The molecule has 1 amide bonds. The minimum atomic E-state index is -2.00. The fraction of sp³-hybridized carbons (Fsp3) is 0.375. The van der Waals surface area contributed by atoms with Gasteiger partial charge in [-0.25, -0.2) is 4.79 Å². The highest BCUT2D eigenvalue weighted by Crippen LogP contribution is 2.17. The van der Waals surface area contributed by atoms with Crippen molar-refractivity contribution in [1.82, 2.24) is 10.6 Å². The number of benzene rings is 1. The van der Waals surface area contributed by atoms with Crippen molar-refractivity contribution in [2.24, 2.45) is 0 Å². The van der Waals surface area contributed by atoms with Crippen LogP contribution in [0.25, 0.3) is 0 Å². The fourth-order valence-electron chi connectivity index (χ4n) is 2.10. The quantitative estimate of drug-likeness (QED) is 0.334. The maximum atomic E-state index is 12.5. The van der Waals surface area contributed by atoms with Gasteiger partial charge in [0, 0.05) is 6.42 Å². The molecule has 1 atom stereocenters. The lowest BCUT2D eigenvalue weighted by Crippen LogP contribution is -2.62. The largest absolute Gasteiger partial charge is 0.481 e. The van der Waals surface area contributed by atoms with E-state index in [-0.39, 0.29) is 6.61 Å². The molecule has 1 aromatic carbocycles. The third-order valence-corrected chi connectivity index (χ3v) is 3.49. The lowest BCUT2D eigenvalue weighted by molar-refractivity contribution is -0.159. The lowest BCUT2D eigenvalue weighted by atomic mass is 9.92. The van der Waals surface area contributed by atoms with Crippen molar-refractivity contribution in [1.29, 1.82) is 0 Å². The molecule has 9 heteroatoms. The van der Waals surface area contributed by atoms with E-state index >= 15 is 0 Å². The van der Waals surface area contributed by atoms with Crippen molar-refractivity contribution >= 4 is 23.8 Å². The van der Waals surface area contributed by atoms with E-state index in [4.69, 9.17) is 14.9 Å². The number of carbonyl (C=O) groups is 4. The molecule has 0 bridgehead atoms. The highest BCUT2D eigenvalue weighted by Gasteiger charge is 2.46. The van der Waals surface area contributed by atoms with Crippen molar-refractivity contribution < 1.29 is 34.1 Å². The van der Waals surface area contributed by atoms with Crippen LogP contribution >= 0.6 is 0 Å². The average Bonchev–Trinajstić information content (AvgIpc) is 2.59. The summed E-state index contributed by atoms with van der Waals surface area (Å²) in [6.45, 7) is -0.816. The van der Waals surface area contributed by atoms with Crippen LogP contribution in [0, 0.1) is 0 Å². The zero-order valence-electron chi connectivity index (χ0n) is 13.7. The van der Waals surface area contributed by atoms with E-state index < -0.39 is 48.7 Å². The summed E-state index contributed by atoms with van der Waals surface area (Å²) in [4.78, 5) is 46.3. The molecule has 0 unspecified atom stereocenters. The first-order valence-corrected chi connectivity index (χ1v) is 7.43. The zero-order valence-corrected chi connectivity index (χ0v) is 13.7. The van der Waals surface area contributed by atoms with Gasteiger partial charge in [0.2, 0.25) is 0 Å². The number of nitrogens with one attached hydrogen (secondary N) is 2. The molecular weight excluding hydrogens is 332 g/mol. The normalized spacial score (nSPS) is 12.7. The Morgan fingerprint density at radius 1 is 1.08 bits per heavy atom. The summed E-state index contributed by atoms with van der Waals surface area (Å²) in [6, 6.07) is 8.72. The van der Waals surface area contributed by atoms with E-state index in [9.17, 15) is 19.2 Å². The summed E-state index contributed by atoms with van der Waals surface area (Å²) >= 11 is 0. The Morgan fingerprint density at radius 2 is 1.72 bits per heavy atom. The SMILES string of the molecule is CN[C@@](CCC(=O)O)(C(=O)NCC(=O)O)C(=O)OCc1ccccc1. The van der Waals surface area contributed by atoms with Crippen LogP contribution in [0.3, 0.4) is 0 Å². The second-order valence-electron chi connectivity index (χ2n) is 5.19. The highest BCUT2D eigenvalue weighted by atomic mass is 16.5. The van der Waals surface area contributed by atoms with E-state index in [1.807, 2.05) is 0 Å². The maximum absolute atomic E-state index is 12.5. The standard InChI is InChI=1S/C16H20N2O7/c1-17-16(8-7-12(19)20,14(23)18-9-13(21)22)15(24)25-10-11-5-3-2-4-6-11/h2-6,17H,7-10H2,1H3,(H,18,23)(H,19,20)(H,21,22)/t16-/m0/s1. The average molecular weight is 352 g/mol. The second kappa shape index (κ2) is 9.38. The summed E-state index contributed by atoms with van der Waals surface area (Å²) in [5.41, 5.74) is -1.31. The summed E-state index contributed by atoms with van der Waals surface area (Å²) in [6.07, 6.45) is -0.875. The topological polar surface area (TPSA) is 142 Å². The molecule has 0 saturated heterocycles.